The summed E-state index contributed by atoms with van der Waals surface area (Å²) in [6.07, 6.45) is 1.87. The minimum absolute atomic E-state index is 0.314. The maximum absolute atomic E-state index is 13.6. The molecular formula is C18H23FN4O3. The number of benzene rings is 1. The molecule has 2 aliphatic heterocycles. The van der Waals surface area contributed by atoms with E-state index in [-0.39, 0.29) is 11.8 Å². The van der Waals surface area contributed by atoms with Crippen molar-refractivity contribution in [2.45, 2.75) is 19.8 Å². The molecule has 2 fully saturated rings. The third kappa shape index (κ3) is 3.95. The third-order valence-corrected chi connectivity index (χ3v) is 4.85. The molecule has 26 heavy (non-hydrogen) atoms. The number of likely N-dealkylation sites (tertiary alicyclic amines) is 1. The molecule has 2 aliphatic rings. The van der Waals surface area contributed by atoms with Gasteiger partial charge in [0.05, 0.1) is 0 Å². The van der Waals surface area contributed by atoms with Gasteiger partial charge < -0.3 is 20.0 Å². The van der Waals surface area contributed by atoms with Crippen LogP contribution in [-0.2, 0) is 9.59 Å². The molecule has 0 saturated carbocycles. The normalized spacial score (nSPS) is 17.4. The van der Waals surface area contributed by atoms with Gasteiger partial charge in [0.25, 0.3) is 0 Å². The highest BCUT2D eigenvalue weighted by Gasteiger charge is 2.31. The number of hydrogen-bond acceptors (Lipinski definition) is 3. The third-order valence-electron chi connectivity index (χ3n) is 4.85. The van der Waals surface area contributed by atoms with Crippen LogP contribution in [0.25, 0.3) is 0 Å². The van der Waals surface area contributed by atoms with Crippen molar-refractivity contribution in [3.8, 4) is 0 Å². The highest BCUT2D eigenvalue weighted by molar-refractivity contribution is 6.35. The smallest absolute Gasteiger partial charge is 0.321 e. The predicted octanol–water partition coefficient (Wildman–Crippen LogP) is 1.43. The first kappa shape index (κ1) is 18.2. The Morgan fingerprint density at radius 3 is 2.00 bits per heavy atom. The van der Waals surface area contributed by atoms with Crippen LogP contribution in [-0.4, -0.2) is 71.8 Å². The zero-order chi connectivity index (χ0) is 18.7. The Hall–Kier alpha value is -2.64. The van der Waals surface area contributed by atoms with Crippen LogP contribution in [0.3, 0.4) is 0 Å². The molecule has 0 spiro atoms. The van der Waals surface area contributed by atoms with E-state index in [0.717, 1.165) is 12.8 Å². The van der Waals surface area contributed by atoms with Crippen LogP contribution < -0.4 is 5.32 Å². The number of amides is 4. The van der Waals surface area contributed by atoms with Gasteiger partial charge in [-0.15, -0.1) is 0 Å². The molecule has 2 saturated heterocycles. The average Bonchev–Trinajstić information content (AvgIpc) is 3.18. The Morgan fingerprint density at radius 1 is 0.885 bits per heavy atom. The molecule has 140 valence electrons. The van der Waals surface area contributed by atoms with Gasteiger partial charge in [-0.3, -0.25) is 9.59 Å². The highest BCUT2D eigenvalue weighted by atomic mass is 19.1. The van der Waals surface area contributed by atoms with Crippen LogP contribution in [0.15, 0.2) is 18.2 Å². The lowest BCUT2D eigenvalue weighted by atomic mass is 10.2. The first-order chi connectivity index (χ1) is 12.5. The van der Waals surface area contributed by atoms with Crippen LogP contribution in [0.2, 0.25) is 0 Å². The minimum atomic E-state index is -0.493. The number of carbonyl (C=O) groups excluding carboxylic acids is 3. The zero-order valence-electron chi connectivity index (χ0n) is 14.8. The Labute approximate surface area is 151 Å². The van der Waals surface area contributed by atoms with E-state index < -0.39 is 11.8 Å². The molecule has 4 amide bonds. The van der Waals surface area contributed by atoms with E-state index in [2.05, 4.69) is 5.32 Å². The van der Waals surface area contributed by atoms with Crippen LogP contribution in [0.5, 0.6) is 0 Å². The Bertz CT molecular complexity index is 710. The summed E-state index contributed by atoms with van der Waals surface area (Å²) < 4.78 is 13.6. The second kappa shape index (κ2) is 7.72. The Morgan fingerprint density at radius 2 is 1.42 bits per heavy atom. The molecular weight excluding hydrogens is 339 g/mol. The van der Waals surface area contributed by atoms with Gasteiger partial charge in [0, 0.05) is 45.0 Å². The molecule has 2 heterocycles. The molecule has 1 aromatic carbocycles. The molecule has 1 aromatic rings. The number of rotatable bonds is 1. The minimum Gasteiger partial charge on any atom is -0.334 e. The number of hydrogen-bond donors (Lipinski definition) is 1. The molecule has 1 N–H and O–H groups in total. The molecule has 0 aromatic heterocycles. The lowest BCUT2D eigenvalue weighted by molar-refractivity contribution is -0.152. The SMILES string of the molecule is Cc1ccc(NC(=O)N2CCN(C(=O)C(=O)N3CCCC3)CC2)cc1F. The van der Waals surface area contributed by atoms with Gasteiger partial charge in [0.2, 0.25) is 0 Å². The van der Waals surface area contributed by atoms with Crippen molar-refractivity contribution in [2.75, 3.05) is 44.6 Å². The van der Waals surface area contributed by atoms with Crippen LogP contribution in [0.4, 0.5) is 14.9 Å². The Balaban J connectivity index is 1.51. The predicted molar refractivity (Wildman–Crippen MR) is 94.1 cm³/mol. The van der Waals surface area contributed by atoms with Gasteiger partial charge in [-0.1, -0.05) is 6.07 Å². The van der Waals surface area contributed by atoms with Crippen molar-refractivity contribution < 1.29 is 18.8 Å². The first-order valence-corrected chi connectivity index (χ1v) is 8.86. The molecule has 0 unspecified atom stereocenters. The summed E-state index contributed by atoms with van der Waals surface area (Å²) in [4.78, 5) is 41.4. The van der Waals surface area contributed by atoms with Crippen LogP contribution >= 0.6 is 0 Å². The average molecular weight is 362 g/mol. The van der Waals surface area contributed by atoms with E-state index in [0.29, 0.717) is 50.5 Å². The number of piperazine rings is 1. The van der Waals surface area contributed by atoms with Crippen molar-refractivity contribution in [2.24, 2.45) is 0 Å². The van der Waals surface area contributed by atoms with Gasteiger partial charge in [-0.2, -0.15) is 0 Å². The van der Waals surface area contributed by atoms with Crippen molar-refractivity contribution in [1.82, 2.24) is 14.7 Å². The molecule has 0 radical (unpaired) electrons. The number of urea groups is 1. The summed E-state index contributed by atoms with van der Waals surface area (Å²) in [5, 5.41) is 2.66. The second-order valence-electron chi connectivity index (χ2n) is 6.67. The molecule has 0 bridgehead atoms. The zero-order valence-corrected chi connectivity index (χ0v) is 14.8. The van der Waals surface area contributed by atoms with Crippen molar-refractivity contribution in [3.05, 3.63) is 29.6 Å². The van der Waals surface area contributed by atoms with E-state index in [4.69, 9.17) is 0 Å². The Kier molecular flexibility index (Phi) is 5.39. The molecule has 8 heteroatoms. The van der Waals surface area contributed by atoms with Gasteiger partial charge in [-0.05, 0) is 37.5 Å². The summed E-state index contributed by atoms with van der Waals surface area (Å²) in [5.74, 6) is -1.32. The lowest BCUT2D eigenvalue weighted by Crippen LogP contribution is -2.54. The molecule has 0 atom stereocenters. The summed E-state index contributed by atoms with van der Waals surface area (Å²) >= 11 is 0. The lowest BCUT2D eigenvalue weighted by Gasteiger charge is -2.34. The van der Waals surface area contributed by atoms with E-state index in [9.17, 15) is 18.8 Å². The second-order valence-corrected chi connectivity index (χ2v) is 6.67. The number of aryl methyl sites for hydroxylation is 1. The van der Waals surface area contributed by atoms with Gasteiger partial charge in [-0.25, -0.2) is 9.18 Å². The van der Waals surface area contributed by atoms with Gasteiger partial charge in [0.15, 0.2) is 0 Å². The van der Waals surface area contributed by atoms with Crippen molar-refractivity contribution >= 4 is 23.5 Å². The summed E-state index contributed by atoms with van der Waals surface area (Å²) in [6.45, 7) is 4.22. The van der Waals surface area contributed by atoms with E-state index in [1.807, 2.05) is 0 Å². The first-order valence-electron chi connectivity index (χ1n) is 8.86. The number of anilines is 1. The van der Waals surface area contributed by atoms with Crippen molar-refractivity contribution in [3.63, 3.8) is 0 Å². The molecule has 3 rings (SSSR count). The number of nitrogens with one attached hydrogen (secondary N) is 1. The maximum atomic E-state index is 13.6. The van der Waals surface area contributed by atoms with E-state index in [1.165, 1.54) is 11.0 Å². The number of carbonyl (C=O) groups is 3. The summed E-state index contributed by atoms with van der Waals surface area (Å²) in [7, 11) is 0. The van der Waals surface area contributed by atoms with Gasteiger partial charge >= 0.3 is 17.8 Å². The highest BCUT2D eigenvalue weighted by Crippen LogP contribution is 2.15. The molecule has 0 aliphatic carbocycles. The van der Waals surface area contributed by atoms with Gasteiger partial charge in [0.1, 0.15) is 5.82 Å². The topological polar surface area (TPSA) is 73.0 Å². The fourth-order valence-electron chi connectivity index (χ4n) is 3.18. The quantitative estimate of drug-likeness (QED) is 0.768. The largest absolute Gasteiger partial charge is 0.334 e. The number of halogens is 1. The van der Waals surface area contributed by atoms with Crippen LogP contribution in [0.1, 0.15) is 18.4 Å². The van der Waals surface area contributed by atoms with E-state index in [1.54, 1.807) is 28.9 Å². The van der Waals surface area contributed by atoms with E-state index >= 15 is 0 Å². The molecule has 7 nitrogen and oxygen atoms in total. The fourth-order valence-corrected chi connectivity index (χ4v) is 3.18. The van der Waals surface area contributed by atoms with Crippen molar-refractivity contribution in [1.29, 1.82) is 0 Å². The number of nitrogens with zero attached hydrogens (tertiary/aromatic N) is 3. The summed E-state index contributed by atoms with van der Waals surface area (Å²) in [5.41, 5.74) is 0.901. The van der Waals surface area contributed by atoms with Crippen LogP contribution in [0, 0.1) is 12.7 Å². The monoisotopic (exact) mass is 362 g/mol. The maximum Gasteiger partial charge on any atom is 0.321 e. The fraction of sp³-hybridized carbons (Fsp3) is 0.500. The standard InChI is InChI=1S/C18H23FN4O3/c1-13-4-5-14(12-15(13)19)20-18(26)23-10-8-22(9-11-23)17(25)16(24)21-6-2-3-7-21/h4-5,12H,2-3,6-11H2,1H3,(H,20,26). The summed E-state index contributed by atoms with van der Waals surface area (Å²) in [6, 6.07) is 4.18.